The molecule has 0 fully saturated rings. The van der Waals surface area contributed by atoms with Crippen LogP contribution in [0, 0.1) is 27.7 Å². The van der Waals surface area contributed by atoms with Gasteiger partial charge in [-0.1, -0.05) is 17.7 Å². The van der Waals surface area contributed by atoms with Gasteiger partial charge in [-0.05, 0) is 62.1 Å². The fourth-order valence-electron chi connectivity index (χ4n) is 3.25. The summed E-state index contributed by atoms with van der Waals surface area (Å²) in [4.78, 5) is 0.378. The van der Waals surface area contributed by atoms with Crippen molar-refractivity contribution in [3.63, 3.8) is 0 Å². The van der Waals surface area contributed by atoms with E-state index in [0.717, 1.165) is 27.8 Å². The predicted octanol–water partition coefficient (Wildman–Crippen LogP) is 3.76. The third-order valence-corrected chi connectivity index (χ3v) is 6.62. The number of sulfonamides is 1. The maximum Gasteiger partial charge on any atom is 0.243 e. The lowest BCUT2D eigenvalue weighted by Crippen LogP contribution is -2.28. The molecule has 0 aliphatic heterocycles. The quantitative estimate of drug-likeness (QED) is 0.769. The monoisotopic (exact) mass is 377 g/mol. The Morgan fingerprint density at radius 2 is 1.35 bits per heavy atom. The fraction of sp³-hybridized carbons (Fsp3) is 0.400. The highest BCUT2D eigenvalue weighted by atomic mass is 32.2. The molecule has 0 N–H and O–H groups in total. The average Bonchev–Trinajstić information content (AvgIpc) is 2.54. The lowest BCUT2D eigenvalue weighted by molar-refractivity contribution is 0.353. The number of nitrogens with zero attached hydrogens (tertiary/aromatic N) is 1. The number of hydrogen-bond donors (Lipinski definition) is 0. The van der Waals surface area contributed by atoms with E-state index in [4.69, 9.17) is 9.47 Å². The SMILES string of the molecule is COc1cc(C)c(CN(C)S(=O)(=O)c2c(C)cc(C)cc2C)cc1OC. The first-order valence-corrected chi connectivity index (χ1v) is 9.81. The topological polar surface area (TPSA) is 55.8 Å². The van der Waals surface area contributed by atoms with Gasteiger partial charge in [0, 0.05) is 13.6 Å². The van der Waals surface area contributed by atoms with Crippen molar-refractivity contribution in [2.45, 2.75) is 39.1 Å². The zero-order valence-electron chi connectivity index (χ0n) is 16.5. The summed E-state index contributed by atoms with van der Waals surface area (Å²) in [5.74, 6) is 1.21. The van der Waals surface area contributed by atoms with Gasteiger partial charge >= 0.3 is 0 Å². The molecule has 0 saturated carbocycles. The van der Waals surface area contributed by atoms with Gasteiger partial charge < -0.3 is 9.47 Å². The van der Waals surface area contributed by atoms with Crippen LogP contribution in [0.3, 0.4) is 0 Å². The van der Waals surface area contributed by atoms with Crippen molar-refractivity contribution in [3.8, 4) is 11.5 Å². The Kier molecular flexibility index (Phi) is 5.98. The Balaban J connectivity index is 2.43. The van der Waals surface area contributed by atoms with Crippen molar-refractivity contribution in [2.24, 2.45) is 0 Å². The van der Waals surface area contributed by atoms with Crippen molar-refractivity contribution in [1.82, 2.24) is 4.31 Å². The maximum atomic E-state index is 13.1. The Hall–Kier alpha value is -2.05. The van der Waals surface area contributed by atoms with Crippen LogP contribution in [-0.4, -0.2) is 34.0 Å². The lowest BCUT2D eigenvalue weighted by atomic mass is 10.1. The van der Waals surface area contributed by atoms with Gasteiger partial charge in [-0.3, -0.25) is 0 Å². The average molecular weight is 378 g/mol. The second-order valence-corrected chi connectivity index (χ2v) is 8.60. The van der Waals surface area contributed by atoms with E-state index in [2.05, 4.69) is 0 Å². The van der Waals surface area contributed by atoms with Gasteiger partial charge in [0.15, 0.2) is 11.5 Å². The zero-order valence-corrected chi connectivity index (χ0v) is 17.3. The highest BCUT2D eigenvalue weighted by Gasteiger charge is 2.26. The number of methoxy groups -OCH3 is 2. The molecule has 2 aromatic rings. The van der Waals surface area contributed by atoms with E-state index in [-0.39, 0.29) is 6.54 Å². The summed E-state index contributed by atoms with van der Waals surface area (Å²) in [6, 6.07) is 7.48. The Labute approximate surface area is 156 Å². The first kappa shape index (κ1) is 20.3. The summed E-state index contributed by atoms with van der Waals surface area (Å²) in [5.41, 5.74) is 4.40. The molecule has 0 saturated heterocycles. The van der Waals surface area contributed by atoms with Crippen molar-refractivity contribution >= 4 is 10.0 Å². The molecule has 26 heavy (non-hydrogen) atoms. The first-order chi connectivity index (χ1) is 12.1. The van der Waals surface area contributed by atoms with Crippen molar-refractivity contribution in [3.05, 3.63) is 52.1 Å². The second-order valence-electron chi connectivity index (χ2n) is 6.62. The van der Waals surface area contributed by atoms with E-state index >= 15 is 0 Å². The Morgan fingerprint density at radius 3 is 1.85 bits per heavy atom. The molecule has 0 spiro atoms. The van der Waals surface area contributed by atoms with E-state index in [0.29, 0.717) is 16.4 Å². The normalized spacial score (nSPS) is 11.7. The van der Waals surface area contributed by atoms with E-state index in [1.165, 1.54) is 4.31 Å². The van der Waals surface area contributed by atoms with E-state index in [1.807, 2.05) is 52.0 Å². The predicted molar refractivity (Wildman–Crippen MR) is 104 cm³/mol. The summed E-state index contributed by atoms with van der Waals surface area (Å²) >= 11 is 0. The van der Waals surface area contributed by atoms with Gasteiger partial charge in [0.1, 0.15) is 0 Å². The van der Waals surface area contributed by atoms with Crippen molar-refractivity contribution in [1.29, 1.82) is 0 Å². The van der Waals surface area contributed by atoms with Gasteiger partial charge in [0.05, 0.1) is 19.1 Å². The first-order valence-electron chi connectivity index (χ1n) is 8.37. The number of hydrogen-bond acceptors (Lipinski definition) is 4. The summed E-state index contributed by atoms with van der Waals surface area (Å²) in [5, 5.41) is 0. The largest absolute Gasteiger partial charge is 0.493 e. The van der Waals surface area contributed by atoms with E-state index in [9.17, 15) is 8.42 Å². The molecule has 142 valence electrons. The van der Waals surface area contributed by atoms with Crippen LogP contribution in [0.15, 0.2) is 29.2 Å². The molecule has 0 aliphatic carbocycles. The molecule has 5 nitrogen and oxygen atoms in total. The lowest BCUT2D eigenvalue weighted by Gasteiger charge is -2.22. The molecule has 6 heteroatoms. The van der Waals surface area contributed by atoms with Crippen LogP contribution in [0.1, 0.15) is 27.8 Å². The van der Waals surface area contributed by atoms with Crippen LogP contribution in [0.5, 0.6) is 11.5 Å². The molecular formula is C20H27NO4S. The Bertz CT molecular complexity index is 897. The number of aryl methyl sites for hydroxylation is 4. The van der Waals surface area contributed by atoms with Crippen LogP contribution in [0.4, 0.5) is 0 Å². The van der Waals surface area contributed by atoms with Gasteiger partial charge in [-0.25, -0.2) is 8.42 Å². The standard InChI is InChI=1S/C20H27NO4S/c1-13-8-15(3)20(16(4)9-13)26(22,23)21(5)12-17-11-19(25-7)18(24-6)10-14(17)2/h8-11H,12H2,1-7H3. The van der Waals surface area contributed by atoms with Crippen LogP contribution in [0.25, 0.3) is 0 Å². The Morgan fingerprint density at radius 1 is 0.846 bits per heavy atom. The summed E-state index contributed by atoms with van der Waals surface area (Å²) in [7, 11) is 1.14. The third kappa shape index (κ3) is 3.86. The van der Waals surface area contributed by atoms with E-state index < -0.39 is 10.0 Å². The number of benzene rings is 2. The smallest absolute Gasteiger partial charge is 0.243 e. The molecular weight excluding hydrogens is 350 g/mol. The summed E-state index contributed by atoms with van der Waals surface area (Å²) in [6.45, 7) is 7.82. The van der Waals surface area contributed by atoms with Crippen LogP contribution in [-0.2, 0) is 16.6 Å². The minimum atomic E-state index is -3.61. The van der Waals surface area contributed by atoms with E-state index in [1.54, 1.807) is 21.3 Å². The number of rotatable bonds is 6. The maximum absolute atomic E-state index is 13.1. The van der Waals surface area contributed by atoms with Crippen LogP contribution >= 0.6 is 0 Å². The molecule has 0 amide bonds. The highest BCUT2D eigenvalue weighted by molar-refractivity contribution is 7.89. The number of ether oxygens (including phenoxy) is 2. The summed E-state index contributed by atoms with van der Waals surface area (Å²) in [6.07, 6.45) is 0. The molecule has 0 radical (unpaired) electrons. The summed E-state index contributed by atoms with van der Waals surface area (Å²) < 4.78 is 38.3. The molecule has 0 aliphatic rings. The zero-order chi connectivity index (χ0) is 19.6. The van der Waals surface area contributed by atoms with Gasteiger partial charge in [0.25, 0.3) is 0 Å². The highest BCUT2D eigenvalue weighted by Crippen LogP contribution is 2.32. The van der Waals surface area contributed by atoms with Crippen LogP contribution < -0.4 is 9.47 Å². The molecule has 0 unspecified atom stereocenters. The molecule has 0 heterocycles. The molecule has 2 rings (SSSR count). The van der Waals surface area contributed by atoms with Gasteiger partial charge in [-0.2, -0.15) is 4.31 Å². The van der Waals surface area contributed by atoms with Gasteiger partial charge in [0.2, 0.25) is 10.0 Å². The molecule has 0 bridgehead atoms. The minimum absolute atomic E-state index is 0.251. The van der Waals surface area contributed by atoms with Crippen molar-refractivity contribution in [2.75, 3.05) is 21.3 Å². The molecule has 0 atom stereocenters. The second kappa shape index (κ2) is 7.68. The van der Waals surface area contributed by atoms with Gasteiger partial charge in [-0.15, -0.1) is 0 Å². The molecule has 2 aromatic carbocycles. The third-order valence-electron chi connectivity index (χ3n) is 4.51. The van der Waals surface area contributed by atoms with Crippen LogP contribution in [0.2, 0.25) is 0 Å². The van der Waals surface area contributed by atoms with Crippen molar-refractivity contribution < 1.29 is 17.9 Å². The molecule has 0 aromatic heterocycles. The fourth-order valence-corrected chi connectivity index (χ4v) is 4.80. The minimum Gasteiger partial charge on any atom is -0.493 e.